The minimum absolute atomic E-state index is 0.949. The summed E-state index contributed by atoms with van der Waals surface area (Å²) >= 11 is 0. The summed E-state index contributed by atoms with van der Waals surface area (Å²) in [6, 6.07) is 0. The van der Waals surface area contributed by atoms with Gasteiger partial charge in [-0.25, -0.2) is 0 Å². The molecule has 0 aliphatic carbocycles. The zero-order chi connectivity index (χ0) is 12.1. The quantitative estimate of drug-likeness (QED) is 0.615. The van der Waals surface area contributed by atoms with E-state index in [1.165, 1.54) is 26.2 Å². The maximum absolute atomic E-state index is 3.09. The van der Waals surface area contributed by atoms with Crippen LogP contribution < -0.4 is 0 Å². The van der Waals surface area contributed by atoms with Gasteiger partial charge in [0.05, 0.1) is 6.54 Å². The van der Waals surface area contributed by atoms with Crippen molar-refractivity contribution in [1.29, 1.82) is 0 Å². The van der Waals surface area contributed by atoms with Gasteiger partial charge < -0.3 is 4.90 Å². The molecule has 0 aromatic rings. The van der Waals surface area contributed by atoms with Crippen LogP contribution in [0.3, 0.4) is 0 Å². The second kappa shape index (κ2) is 13.5. The van der Waals surface area contributed by atoms with E-state index in [9.17, 15) is 0 Å². The first kappa shape index (κ1) is 16.9. The first-order chi connectivity index (χ1) is 7.33. The fourth-order valence-electron chi connectivity index (χ4n) is 1.20. The second-order valence-corrected chi connectivity index (χ2v) is 3.01. The molecule has 1 aliphatic rings. The first-order valence-electron chi connectivity index (χ1n) is 6.13. The SMILES string of the molecule is CC.CC.CC#CCN1CCN(C)CC1. The van der Waals surface area contributed by atoms with Crippen LogP contribution in [0.5, 0.6) is 0 Å². The van der Waals surface area contributed by atoms with E-state index in [0.29, 0.717) is 0 Å². The van der Waals surface area contributed by atoms with Gasteiger partial charge in [0.15, 0.2) is 0 Å². The number of hydrogen-bond donors (Lipinski definition) is 0. The predicted octanol–water partition coefficient (Wildman–Crippen LogP) is 2.31. The monoisotopic (exact) mass is 212 g/mol. The standard InChI is InChI=1S/C9H16N2.2C2H6/c1-3-4-5-11-8-6-10(2)7-9-11;2*1-2/h5-9H2,1-2H3;2*1-2H3. The van der Waals surface area contributed by atoms with Crippen LogP contribution in [0.25, 0.3) is 0 Å². The van der Waals surface area contributed by atoms with E-state index in [1.807, 2.05) is 34.6 Å². The van der Waals surface area contributed by atoms with Crippen molar-refractivity contribution in [3.63, 3.8) is 0 Å². The maximum atomic E-state index is 3.09. The smallest absolute Gasteiger partial charge is 0.0602 e. The highest BCUT2D eigenvalue weighted by Gasteiger charge is 2.11. The zero-order valence-electron chi connectivity index (χ0n) is 11.4. The second-order valence-electron chi connectivity index (χ2n) is 3.01. The summed E-state index contributed by atoms with van der Waals surface area (Å²) in [7, 11) is 2.17. The van der Waals surface area contributed by atoms with Crippen molar-refractivity contribution < 1.29 is 0 Å². The molecule has 0 bridgehead atoms. The van der Waals surface area contributed by atoms with E-state index < -0.39 is 0 Å². The fraction of sp³-hybridized carbons (Fsp3) is 0.846. The number of likely N-dealkylation sites (N-methyl/N-ethyl adjacent to an activating group) is 1. The topological polar surface area (TPSA) is 6.48 Å². The summed E-state index contributed by atoms with van der Waals surface area (Å²) in [5.41, 5.74) is 0. The Morgan fingerprint density at radius 1 is 0.933 bits per heavy atom. The van der Waals surface area contributed by atoms with E-state index in [1.54, 1.807) is 0 Å². The van der Waals surface area contributed by atoms with Crippen LogP contribution in [0, 0.1) is 11.8 Å². The van der Waals surface area contributed by atoms with Gasteiger partial charge in [0.1, 0.15) is 0 Å². The van der Waals surface area contributed by atoms with Crippen LogP contribution >= 0.6 is 0 Å². The number of hydrogen-bond acceptors (Lipinski definition) is 2. The fourth-order valence-corrected chi connectivity index (χ4v) is 1.20. The van der Waals surface area contributed by atoms with Crippen molar-refractivity contribution >= 4 is 0 Å². The van der Waals surface area contributed by atoms with Crippen molar-refractivity contribution in [3.05, 3.63) is 0 Å². The van der Waals surface area contributed by atoms with Crippen LogP contribution in [0.1, 0.15) is 34.6 Å². The molecule has 2 nitrogen and oxygen atoms in total. The van der Waals surface area contributed by atoms with Crippen LogP contribution in [0.4, 0.5) is 0 Å². The summed E-state index contributed by atoms with van der Waals surface area (Å²) in [6.07, 6.45) is 0. The average Bonchev–Trinajstić information content (AvgIpc) is 2.34. The molecule has 0 aromatic carbocycles. The Bertz CT molecular complexity index is 159. The van der Waals surface area contributed by atoms with Crippen molar-refractivity contribution in [3.8, 4) is 11.8 Å². The van der Waals surface area contributed by atoms with Crippen molar-refractivity contribution in [2.45, 2.75) is 34.6 Å². The van der Waals surface area contributed by atoms with E-state index in [0.717, 1.165) is 6.54 Å². The van der Waals surface area contributed by atoms with Gasteiger partial charge in [0.25, 0.3) is 0 Å². The molecule has 15 heavy (non-hydrogen) atoms. The molecule has 1 rings (SSSR count). The molecule has 1 saturated heterocycles. The number of piperazine rings is 1. The van der Waals surface area contributed by atoms with Gasteiger partial charge in [-0.2, -0.15) is 0 Å². The van der Waals surface area contributed by atoms with Crippen LogP contribution in [-0.4, -0.2) is 49.6 Å². The van der Waals surface area contributed by atoms with Gasteiger partial charge in [-0.15, -0.1) is 5.92 Å². The average molecular weight is 212 g/mol. The predicted molar refractivity (Wildman–Crippen MR) is 70.1 cm³/mol. The molecule has 0 aromatic heterocycles. The molecule has 0 saturated carbocycles. The van der Waals surface area contributed by atoms with Gasteiger partial charge in [-0.05, 0) is 14.0 Å². The summed E-state index contributed by atoms with van der Waals surface area (Å²) < 4.78 is 0. The lowest BCUT2D eigenvalue weighted by Gasteiger charge is -2.30. The largest absolute Gasteiger partial charge is 0.304 e. The molecule has 0 spiro atoms. The Morgan fingerprint density at radius 2 is 1.40 bits per heavy atom. The molecule has 1 fully saturated rings. The lowest BCUT2D eigenvalue weighted by molar-refractivity contribution is 0.168. The molecule has 90 valence electrons. The summed E-state index contributed by atoms with van der Waals surface area (Å²) in [6.45, 7) is 15.6. The van der Waals surface area contributed by atoms with E-state index in [2.05, 4.69) is 28.7 Å². The first-order valence-corrected chi connectivity index (χ1v) is 6.13. The van der Waals surface area contributed by atoms with Crippen LogP contribution in [0.15, 0.2) is 0 Å². The van der Waals surface area contributed by atoms with Gasteiger partial charge >= 0.3 is 0 Å². The van der Waals surface area contributed by atoms with Gasteiger partial charge in [0.2, 0.25) is 0 Å². The molecule has 1 aliphatic heterocycles. The Kier molecular flexibility index (Phi) is 15.2. The lowest BCUT2D eigenvalue weighted by Crippen LogP contribution is -2.44. The van der Waals surface area contributed by atoms with Gasteiger partial charge in [0, 0.05) is 26.2 Å². The van der Waals surface area contributed by atoms with Crippen molar-refractivity contribution in [1.82, 2.24) is 9.80 Å². The third kappa shape index (κ3) is 9.78. The van der Waals surface area contributed by atoms with Crippen LogP contribution in [0.2, 0.25) is 0 Å². The molecule has 0 N–H and O–H groups in total. The van der Waals surface area contributed by atoms with Gasteiger partial charge in [-0.3, -0.25) is 4.90 Å². The van der Waals surface area contributed by atoms with E-state index >= 15 is 0 Å². The highest BCUT2D eigenvalue weighted by atomic mass is 15.2. The highest BCUT2D eigenvalue weighted by molar-refractivity contribution is 4.98. The Balaban J connectivity index is 0. The van der Waals surface area contributed by atoms with Crippen molar-refractivity contribution in [2.75, 3.05) is 39.8 Å². The molecule has 0 amide bonds. The normalized spacial score (nSPS) is 16.1. The van der Waals surface area contributed by atoms with E-state index in [4.69, 9.17) is 0 Å². The Morgan fingerprint density at radius 3 is 1.80 bits per heavy atom. The van der Waals surface area contributed by atoms with Crippen LogP contribution in [-0.2, 0) is 0 Å². The van der Waals surface area contributed by atoms with Crippen molar-refractivity contribution in [2.24, 2.45) is 0 Å². The molecular formula is C13H28N2. The zero-order valence-corrected chi connectivity index (χ0v) is 11.4. The van der Waals surface area contributed by atoms with Gasteiger partial charge in [-0.1, -0.05) is 33.6 Å². The molecule has 0 radical (unpaired) electrons. The van der Waals surface area contributed by atoms with E-state index in [-0.39, 0.29) is 0 Å². The number of nitrogens with zero attached hydrogens (tertiary/aromatic N) is 2. The summed E-state index contributed by atoms with van der Waals surface area (Å²) in [5.74, 6) is 6.01. The Labute approximate surface area is 96.6 Å². The molecule has 1 heterocycles. The lowest BCUT2D eigenvalue weighted by atomic mass is 10.3. The molecule has 0 atom stereocenters. The molecule has 0 unspecified atom stereocenters. The Hall–Kier alpha value is -0.520. The minimum Gasteiger partial charge on any atom is -0.304 e. The third-order valence-electron chi connectivity index (χ3n) is 2.08. The summed E-state index contributed by atoms with van der Waals surface area (Å²) in [5, 5.41) is 0. The maximum Gasteiger partial charge on any atom is 0.0602 e. The minimum atomic E-state index is 0.949. The summed E-state index contributed by atoms with van der Waals surface area (Å²) in [4.78, 5) is 4.76. The third-order valence-corrected chi connectivity index (χ3v) is 2.08. The highest BCUT2D eigenvalue weighted by Crippen LogP contribution is 1.96. The number of rotatable bonds is 1. The molecule has 2 heteroatoms. The molecular weight excluding hydrogens is 184 g/mol.